The smallest absolute Gasteiger partial charge is 0.263 e. The first-order valence-corrected chi connectivity index (χ1v) is 13.5. The van der Waals surface area contributed by atoms with Gasteiger partial charge in [-0.3, -0.25) is 18.6 Å². The molecule has 5 heteroatoms. The maximum Gasteiger partial charge on any atom is 0.263 e. The van der Waals surface area contributed by atoms with Crippen LogP contribution >= 0.6 is 7.29 Å². The third-order valence-electron chi connectivity index (χ3n) is 6.95. The van der Waals surface area contributed by atoms with Crippen molar-refractivity contribution in [2.24, 2.45) is 0 Å². The molecule has 1 aromatic heterocycles. The van der Waals surface area contributed by atoms with E-state index in [1.54, 1.807) is 4.57 Å². The summed E-state index contributed by atoms with van der Waals surface area (Å²) in [5.41, 5.74) is 3.06. The summed E-state index contributed by atoms with van der Waals surface area (Å²) in [5.74, 6) is 0. The Morgan fingerprint density at radius 2 is 1.17 bits per heavy atom. The molecule has 0 fully saturated rings. The number of para-hydroxylation sites is 2. The fraction of sp³-hybridized carbons (Fsp3) is 0. The highest BCUT2D eigenvalue weighted by molar-refractivity contribution is 7.81. The molecule has 6 aromatic rings. The highest BCUT2D eigenvalue weighted by Crippen LogP contribution is 2.60. The summed E-state index contributed by atoms with van der Waals surface area (Å²) in [7, 11) is -3.38. The van der Waals surface area contributed by atoms with Gasteiger partial charge in [0.15, 0.2) is 0 Å². The van der Waals surface area contributed by atoms with E-state index in [1.165, 1.54) is 0 Å². The van der Waals surface area contributed by atoms with Gasteiger partial charge in [0.1, 0.15) is 0 Å². The zero-order chi connectivity index (χ0) is 24.3. The molecule has 0 amide bonds. The van der Waals surface area contributed by atoms with Gasteiger partial charge in [-0.05, 0) is 60.7 Å². The van der Waals surface area contributed by atoms with E-state index >= 15 is 4.57 Å². The minimum Gasteiger partial charge on any atom is -0.289 e. The lowest BCUT2D eigenvalue weighted by molar-refractivity contribution is 0.587. The molecule has 0 N–H and O–H groups in total. The van der Waals surface area contributed by atoms with Crippen molar-refractivity contribution in [3.63, 3.8) is 0 Å². The van der Waals surface area contributed by atoms with Crippen molar-refractivity contribution in [1.29, 1.82) is 0 Å². The maximum absolute atomic E-state index is 15.6. The average molecular weight is 484 g/mol. The van der Waals surface area contributed by atoms with Crippen LogP contribution in [0.2, 0.25) is 0 Å². The predicted molar refractivity (Wildman–Crippen MR) is 149 cm³/mol. The number of anilines is 2. The number of pyridine rings is 1. The van der Waals surface area contributed by atoms with Gasteiger partial charge >= 0.3 is 0 Å². The van der Waals surface area contributed by atoms with Crippen LogP contribution in [0.25, 0.3) is 27.4 Å². The lowest BCUT2D eigenvalue weighted by Crippen LogP contribution is -2.34. The van der Waals surface area contributed by atoms with Gasteiger partial charge in [0.25, 0.3) is 5.56 Å². The second kappa shape index (κ2) is 7.81. The SMILES string of the molecule is O=c1c2cccc3c2c2c(cccc2n1-c1ccccc1)P(=O)(c1ccccc1)N3c1ccccc1. The molecule has 0 saturated heterocycles. The van der Waals surface area contributed by atoms with E-state index in [4.69, 9.17) is 0 Å². The molecule has 1 atom stereocenters. The fourth-order valence-electron chi connectivity index (χ4n) is 5.46. The molecule has 1 unspecified atom stereocenters. The van der Waals surface area contributed by atoms with E-state index in [1.807, 2.05) is 132 Å². The summed E-state index contributed by atoms with van der Waals surface area (Å²) in [5, 5.41) is 3.80. The zero-order valence-corrected chi connectivity index (χ0v) is 20.2. The summed E-state index contributed by atoms with van der Waals surface area (Å²) >= 11 is 0. The Bertz CT molecular complexity index is 1880. The van der Waals surface area contributed by atoms with Crippen LogP contribution in [0, 0.1) is 0 Å². The van der Waals surface area contributed by atoms with Crippen molar-refractivity contribution >= 4 is 51.0 Å². The van der Waals surface area contributed by atoms with E-state index in [0.29, 0.717) is 5.39 Å². The van der Waals surface area contributed by atoms with Gasteiger partial charge in [0.05, 0.1) is 16.6 Å². The topological polar surface area (TPSA) is 42.3 Å². The maximum atomic E-state index is 15.6. The number of benzene rings is 5. The van der Waals surface area contributed by atoms with Crippen LogP contribution in [0.15, 0.2) is 132 Å². The highest BCUT2D eigenvalue weighted by atomic mass is 31.2. The summed E-state index contributed by atoms with van der Waals surface area (Å²) in [6, 6.07) is 40.7. The summed E-state index contributed by atoms with van der Waals surface area (Å²) in [4.78, 5) is 14.0. The van der Waals surface area contributed by atoms with Crippen LogP contribution in [-0.4, -0.2) is 4.57 Å². The van der Waals surface area contributed by atoms with E-state index in [0.717, 1.165) is 44.0 Å². The number of hydrogen-bond donors (Lipinski definition) is 0. The highest BCUT2D eigenvalue weighted by Gasteiger charge is 2.42. The Labute approximate surface area is 208 Å². The zero-order valence-electron chi connectivity index (χ0n) is 19.3. The molecule has 4 nitrogen and oxygen atoms in total. The Morgan fingerprint density at radius 3 is 1.86 bits per heavy atom. The first kappa shape index (κ1) is 20.9. The third kappa shape index (κ3) is 2.76. The van der Waals surface area contributed by atoms with Crippen LogP contribution in [0.5, 0.6) is 0 Å². The Morgan fingerprint density at radius 1 is 0.556 bits per heavy atom. The average Bonchev–Trinajstić information content (AvgIpc) is 2.94. The van der Waals surface area contributed by atoms with Gasteiger partial charge < -0.3 is 0 Å². The molecule has 0 saturated carbocycles. The van der Waals surface area contributed by atoms with Crippen molar-refractivity contribution in [2.45, 2.75) is 0 Å². The molecule has 172 valence electrons. The molecule has 7 rings (SSSR count). The van der Waals surface area contributed by atoms with E-state index in [-0.39, 0.29) is 5.56 Å². The molecule has 0 spiro atoms. The quantitative estimate of drug-likeness (QED) is 0.212. The molecule has 1 aliphatic heterocycles. The molecule has 1 aliphatic rings. The van der Waals surface area contributed by atoms with Crippen molar-refractivity contribution in [3.8, 4) is 5.69 Å². The van der Waals surface area contributed by atoms with E-state index in [2.05, 4.69) is 0 Å². The van der Waals surface area contributed by atoms with Gasteiger partial charge in [-0.25, -0.2) is 0 Å². The number of nitrogens with zero attached hydrogens (tertiary/aromatic N) is 2. The van der Waals surface area contributed by atoms with Gasteiger partial charge in [-0.1, -0.05) is 66.7 Å². The van der Waals surface area contributed by atoms with Crippen molar-refractivity contribution < 1.29 is 4.57 Å². The lowest BCUT2D eigenvalue weighted by atomic mass is 10.0. The molecule has 36 heavy (non-hydrogen) atoms. The monoisotopic (exact) mass is 484 g/mol. The Balaban J connectivity index is 1.73. The Hall–Kier alpha value is -4.40. The van der Waals surface area contributed by atoms with Crippen molar-refractivity contribution in [1.82, 2.24) is 4.57 Å². The van der Waals surface area contributed by atoms with Crippen LogP contribution in [0.1, 0.15) is 0 Å². The molecular weight excluding hydrogens is 463 g/mol. The second-order valence-electron chi connectivity index (χ2n) is 8.91. The van der Waals surface area contributed by atoms with Crippen LogP contribution in [-0.2, 0) is 4.57 Å². The normalized spacial score (nSPS) is 16.6. The molecular formula is C31H21N2O2P. The largest absolute Gasteiger partial charge is 0.289 e. The lowest BCUT2D eigenvalue weighted by Gasteiger charge is -2.39. The van der Waals surface area contributed by atoms with E-state index < -0.39 is 7.29 Å². The minimum atomic E-state index is -3.38. The van der Waals surface area contributed by atoms with Crippen LogP contribution < -0.4 is 20.8 Å². The summed E-state index contributed by atoms with van der Waals surface area (Å²) < 4.78 is 19.3. The Kier molecular flexibility index (Phi) is 4.54. The first-order chi connectivity index (χ1) is 17.7. The minimum absolute atomic E-state index is 0.0906. The molecule has 2 heterocycles. The molecule has 5 aromatic carbocycles. The fourth-order valence-corrected chi connectivity index (χ4v) is 8.51. The number of rotatable bonds is 3. The molecule has 0 bridgehead atoms. The standard InChI is InChI=1S/C31H21N2O2P/c34-31-25-18-10-20-27-29(25)30-26(32(31)22-12-4-1-5-13-22)19-11-21-28(30)36(35,24-16-8-3-9-17-24)33(27)23-14-6-2-7-15-23/h1-21H. The summed E-state index contributed by atoms with van der Waals surface area (Å²) in [6.45, 7) is 0. The predicted octanol–water partition coefficient (Wildman–Crippen LogP) is 6.52. The van der Waals surface area contributed by atoms with Crippen molar-refractivity contribution in [2.75, 3.05) is 4.67 Å². The van der Waals surface area contributed by atoms with Crippen molar-refractivity contribution in [3.05, 3.63) is 138 Å². The van der Waals surface area contributed by atoms with Gasteiger partial charge in [0.2, 0.25) is 7.29 Å². The molecule has 0 radical (unpaired) electrons. The second-order valence-corrected chi connectivity index (χ2v) is 11.5. The third-order valence-corrected chi connectivity index (χ3v) is 9.98. The van der Waals surface area contributed by atoms with Gasteiger partial charge in [-0.15, -0.1) is 0 Å². The van der Waals surface area contributed by atoms with Crippen LogP contribution in [0.4, 0.5) is 11.4 Å². The number of aromatic nitrogens is 1. The molecule has 0 aliphatic carbocycles. The summed E-state index contributed by atoms with van der Waals surface area (Å²) in [6.07, 6.45) is 0. The van der Waals surface area contributed by atoms with Gasteiger partial charge in [-0.2, -0.15) is 0 Å². The van der Waals surface area contributed by atoms with E-state index in [9.17, 15) is 4.79 Å². The van der Waals surface area contributed by atoms with Gasteiger partial charge in [0, 0.05) is 32.8 Å². The first-order valence-electron chi connectivity index (χ1n) is 11.9. The van der Waals surface area contributed by atoms with Crippen LogP contribution in [0.3, 0.4) is 0 Å². The number of hydrogen-bond acceptors (Lipinski definition) is 2.